The van der Waals surface area contributed by atoms with E-state index in [0.29, 0.717) is 0 Å². The number of carbonyl (C=O) groups is 1. The molecule has 0 radical (unpaired) electrons. The minimum absolute atomic E-state index is 0.718. The molecule has 2 amide bonds. The van der Waals surface area contributed by atoms with Gasteiger partial charge >= 0.3 is 16.4 Å². The van der Waals surface area contributed by atoms with Gasteiger partial charge in [-0.05, 0) is 0 Å². The average Bonchev–Trinajstić information content (AvgIpc) is 1.61. The maximum absolute atomic E-state index is 9.35. The predicted molar refractivity (Wildman–Crippen MR) is 31.1 cm³/mol. The van der Waals surface area contributed by atoms with Gasteiger partial charge in [0, 0.05) is 0 Å². The van der Waals surface area contributed by atoms with Gasteiger partial charge in [-0.25, -0.2) is 10.6 Å². The molecule has 0 atom stereocenters. The number of hydrogen-bond acceptors (Lipinski definition) is 4. The molecule has 0 spiro atoms. The minimum Gasteiger partial charge on any atom is -0.351 e. The summed E-state index contributed by atoms with van der Waals surface area (Å²) in [5.74, 6) is 4.45. The fourth-order valence-corrected chi connectivity index (χ4v) is 0. The molecule has 7 N–H and O–H groups in total. The van der Waals surface area contributed by atoms with Crippen LogP contribution in [-0.2, 0) is 10.4 Å². The Labute approximate surface area is 56.7 Å². The van der Waals surface area contributed by atoms with Crippen LogP contribution in [0.25, 0.3) is 0 Å². The molecule has 0 rings (SSSR count). The number of primary amides is 1. The highest BCUT2D eigenvalue weighted by Crippen LogP contribution is 1.59. The molecule has 62 valence electrons. The Kier molecular flexibility index (Phi) is 5.84. The fourth-order valence-electron chi connectivity index (χ4n) is 0. The second-order valence-electron chi connectivity index (χ2n) is 0.956. The van der Waals surface area contributed by atoms with Gasteiger partial charge in [-0.1, -0.05) is 0 Å². The molecule has 0 heterocycles. The van der Waals surface area contributed by atoms with E-state index in [4.69, 9.17) is 17.5 Å². The second-order valence-corrected chi connectivity index (χ2v) is 1.85. The summed E-state index contributed by atoms with van der Waals surface area (Å²) in [5, 5.41) is 0. The van der Waals surface area contributed by atoms with Crippen LogP contribution >= 0.6 is 0 Å². The van der Waals surface area contributed by atoms with Crippen molar-refractivity contribution in [1.82, 2.24) is 5.43 Å². The monoisotopic (exact) mass is 173 g/mol. The van der Waals surface area contributed by atoms with Crippen molar-refractivity contribution in [2.75, 3.05) is 0 Å². The molecule has 0 aliphatic heterocycles. The van der Waals surface area contributed by atoms with Crippen LogP contribution in [0, 0.1) is 0 Å². The first-order chi connectivity index (χ1) is 4.27. The Balaban J connectivity index is 0. The predicted octanol–water partition coefficient (Wildman–Crippen LogP) is -2.12. The third-order valence-electron chi connectivity index (χ3n) is 0.142. The minimum atomic E-state index is -4.67. The number of hydrazine groups is 1. The molecular weight excluding hydrogens is 166 g/mol. The number of nitrogens with one attached hydrogen (secondary N) is 1. The molecular formula is CH7N3O5S. The zero-order chi connectivity index (χ0) is 8.78. The van der Waals surface area contributed by atoms with E-state index in [1.54, 1.807) is 5.43 Å². The van der Waals surface area contributed by atoms with Crippen molar-refractivity contribution in [1.29, 1.82) is 0 Å². The van der Waals surface area contributed by atoms with Crippen LogP contribution in [0.1, 0.15) is 0 Å². The summed E-state index contributed by atoms with van der Waals surface area (Å²) >= 11 is 0. The topological polar surface area (TPSA) is 156 Å². The maximum atomic E-state index is 9.35. The van der Waals surface area contributed by atoms with Gasteiger partial charge in [0.1, 0.15) is 0 Å². The lowest BCUT2D eigenvalue weighted by Gasteiger charge is -1.81. The molecule has 0 aliphatic rings. The zero-order valence-corrected chi connectivity index (χ0v) is 5.50. The summed E-state index contributed by atoms with van der Waals surface area (Å²) in [4.78, 5) is 9.35. The molecule has 10 heavy (non-hydrogen) atoms. The molecule has 8 nitrogen and oxygen atoms in total. The Morgan fingerprint density at radius 3 is 1.50 bits per heavy atom. The van der Waals surface area contributed by atoms with Gasteiger partial charge in [0.05, 0.1) is 0 Å². The van der Waals surface area contributed by atoms with Crippen LogP contribution in [0.15, 0.2) is 0 Å². The molecule has 0 aromatic heterocycles. The molecule has 0 saturated carbocycles. The molecule has 0 bridgehead atoms. The van der Waals surface area contributed by atoms with E-state index in [1.165, 1.54) is 0 Å². The quantitative estimate of drug-likeness (QED) is 0.122. The third-order valence-corrected chi connectivity index (χ3v) is 0.142. The van der Waals surface area contributed by atoms with E-state index in [0.717, 1.165) is 0 Å². The zero-order valence-electron chi connectivity index (χ0n) is 4.68. The Morgan fingerprint density at radius 1 is 1.40 bits per heavy atom. The van der Waals surface area contributed by atoms with Crippen molar-refractivity contribution in [3.8, 4) is 0 Å². The number of nitrogens with two attached hydrogens (primary N) is 2. The lowest BCUT2D eigenvalue weighted by Crippen LogP contribution is -2.34. The molecule has 0 saturated heterocycles. The molecule has 0 aromatic carbocycles. The molecule has 0 fully saturated rings. The summed E-state index contributed by atoms with van der Waals surface area (Å²) in [7, 11) is -4.67. The standard InChI is InChI=1S/CH5N3O.H2O4S/c2-1(5)4-3;1-5(2,3)4/h3H2,(H3,2,4,5);(H2,1,2,3,4). The number of carbonyl (C=O) groups excluding carboxylic acids is 1. The van der Waals surface area contributed by atoms with Gasteiger partial charge in [-0.15, -0.1) is 0 Å². The van der Waals surface area contributed by atoms with Crippen LogP contribution < -0.4 is 17.0 Å². The molecule has 0 aliphatic carbocycles. The number of amides is 2. The summed E-state index contributed by atoms with van der Waals surface area (Å²) in [6, 6.07) is -0.718. The van der Waals surface area contributed by atoms with Crippen molar-refractivity contribution < 1.29 is 22.3 Å². The van der Waals surface area contributed by atoms with Gasteiger partial charge in [0.25, 0.3) is 0 Å². The third kappa shape index (κ3) is 218. The van der Waals surface area contributed by atoms with Gasteiger partial charge < -0.3 is 5.73 Å². The average molecular weight is 173 g/mol. The van der Waals surface area contributed by atoms with Gasteiger partial charge in [-0.3, -0.25) is 14.5 Å². The van der Waals surface area contributed by atoms with E-state index < -0.39 is 16.4 Å². The highest BCUT2D eigenvalue weighted by Gasteiger charge is 1.84. The van der Waals surface area contributed by atoms with Crippen molar-refractivity contribution in [3.63, 3.8) is 0 Å². The smallest absolute Gasteiger partial charge is 0.351 e. The number of hydrogen-bond donors (Lipinski definition) is 5. The Bertz CT molecular complexity index is 175. The summed E-state index contributed by atoms with van der Waals surface area (Å²) in [6.45, 7) is 0. The van der Waals surface area contributed by atoms with Gasteiger partial charge in [0.15, 0.2) is 0 Å². The SMILES string of the molecule is NNC(N)=O.O=S(=O)(O)O. The van der Waals surface area contributed by atoms with E-state index in [2.05, 4.69) is 11.6 Å². The van der Waals surface area contributed by atoms with Crippen LogP contribution in [-0.4, -0.2) is 23.6 Å². The molecule has 0 aromatic rings. The Hall–Kier alpha value is -0.900. The Morgan fingerprint density at radius 2 is 1.50 bits per heavy atom. The fraction of sp³-hybridized carbons (Fsp3) is 0. The van der Waals surface area contributed by atoms with Crippen molar-refractivity contribution in [3.05, 3.63) is 0 Å². The van der Waals surface area contributed by atoms with Crippen LogP contribution in [0.2, 0.25) is 0 Å². The van der Waals surface area contributed by atoms with Crippen molar-refractivity contribution in [2.45, 2.75) is 0 Å². The lowest BCUT2D eigenvalue weighted by molar-refractivity contribution is 0.249. The largest absolute Gasteiger partial charge is 0.394 e. The molecule has 0 unspecified atom stereocenters. The lowest BCUT2D eigenvalue weighted by atomic mass is 11.2. The first-order valence-corrected chi connectivity index (χ1v) is 3.13. The van der Waals surface area contributed by atoms with E-state index in [9.17, 15) is 4.79 Å². The van der Waals surface area contributed by atoms with E-state index in [1.807, 2.05) is 0 Å². The van der Waals surface area contributed by atoms with Gasteiger partial charge in [-0.2, -0.15) is 8.42 Å². The number of urea groups is 1. The highest BCUT2D eigenvalue weighted by molar-refractivity contribution is 7.79. The maximum Gasteiger partial charge on any atom is 0.394 e. The number of rotatable bonds is 0. The van der Waals surface area contributed by atoms with Crippen LogP contribution in [0.3, 0.4) is 0 Å². The van der Waals surface area contributed by atoms with E-state index in [-0.39, 0.29) is 0 Å². The van der Waals surface area contributed by atoms with Crippen molar-refractivity contribution in [2.24, 2.45) is 11.6 Å². The first kappa shape index (κ1) is 11.8. The van der Waals surface area contributed by atoms with E-state index >= 15 is 0 Å². The molecule has 9 heteroatoms. The summed E-state index contributed by atoms with van der Waals surface area (Å²) in [5.41, 5.74) is 6.08. The highest BCUT2D eigenvalue weighted by atomic mass is 32.3. The first-order valence-electron chi connectivity index (χ1n) is 1.73. The van der Waals surface area contributed by atoms with Gasteiger partial charge in [0.2, 0.25) is 0 Å². The normalized spacial score (nSPS) is 9.10. The second kappa shape index (κ2) is 4.93. The van der Waals surface area contributed by atoms with Crippen LogP contribution in [0.5, 0.6) is 0 Å². The van der Waals surface area contributed by atoms with Crippen molar-refractivity contribution >= 4 is 16.4 Å². The van der Waals surface area contributed by atoms with Crippen LogP contribution in [0.4, 0.5) is 4.79 Å². The summed E-state index contributed by atoms with van der Waals surface area (Å²) in [6.07, 6.45) is 0. The summed E-state index contributed by atoms with van der Waals surface area (Å²) < 4.78 is 31.6.